The number of rotatable bonds is 0. The molecule has 0 aliphatic rings. The Morgan fingerprint density at radius 2 is 2.33 bits per heavy atom. The molecule has 2 aromatic rings. The Morgan fingerprint density at radius 1 is 1.50 bits per heavy atom. The Labute approximate surface area is 68.8 Å². The lowest BCUT2D eigenvalue weighted by Gasteiger charge is -1.92. The summed E-state index contributed by atoms with van der Waals surface area (Å²) in [4.78, 5) is 4.01. The highest BCUT2D eigenvalue weighted by molar-refractivity contribution is 5.79. The van der Waals surface area contributed by atoms with Crippen molar-refractivity contribution < 1.29 is 0 Å². The lowest BCUT2D eigenvalue weighted by Crippen LogP contribution is -1.86. The zero-order valence-electron chi connectivity index (χ0n) is 6.23. The minimum absolute atomic E-state index is 0.658. The van der Waals surface area contributed by atoms with Crippen molar-refractivity contribution >= 4 is 16.7 Å². The van der Waals surface area contributed by atoms with Gasteiger partial charge in [0.25, 0.3) is 0 Å². The Balaban J connectivity index is 2.84. The lowest BCUT2D eigenvalue weighted by atomic mass is 10.3. The van der Waals surface area contributed by atoms with Gasteiger partial charge in [0.15, 0.2) is 6.19 Å². The molecular formula is C8H6N4. The number of nitrogens with two attached hydrogens (primary N) is 1. The van der Waals surface area contributed by atoms with Crippen LogP contribution >= 0.6 is 0 Å². The minimum atomic E-state index is 0.658. The van der Waals surface area contributed by atoms with Crippen LogP contribution in [0.4, 0.5) is 5.69 Å². The van der Waals surface area contributed by atoms with Crippen LogP contribution in [0.5, 0.6) is 0 Å². The van der Waals surface area contributed by atoms with Gasteiger partial charge < -0.3 is 5.73 Å². The standard InChI is InChI=1S/C8H6N4/c9-4-12-5-11-7-3-6(10)1-2-8(7)12/h1-3,5H,10H2. The summed E-state index contributed by atoms with van der Waals surface area (Å²) in [7, 11) is 0. The van der Waals surface area contributed by atoms with Crippen LogP contribution in [0.15, 0.2) is 24.5 Å². The second-order valence-corrected chi connectivity index (χ2v) is 2.46. The number of imidazole rings is 1. The molecule has 0 fully saturated rings. The fraction of sp³-hybridized carbons (Fsp3) is 0. The van der Waals surface area contributed by atoms with Gasteiger partial charge in [-0.1, -0.05) is 0 Å². The second-order valence-electron chi connectivity index (χ2n) is 2.46. The third kappa shape index (κ3) is 0.805. The van der Waals surface area contributed by atoms with Crippen LogP contribution in [0.2, 0.25) is 0 Å². The van der Waals surface area contributed by atoms with Crippen molar-refractivity contribution in [2.75, 3.05) is 5.73 Å². The van der Waals surface area contributed by atoms with E-state index in [1.807, 2.05) is 6.19 Å². The normalized spacial score (nSPS) is 9.92. The fourth-order valence-corrected chi connectivity index (χ4v) is 1.11. The first kappa shape index (κ1) is 6.68. The molecule has 0 aliphatic heterocycles. The largest absolute Gasteiger partial charge is 0.399 e. The molecule has 0 saturated carbocycles. The van der Waals surface area contributed by atoms with Crippen molar-refractivity contribution in [2.45, 2.75) is 0 Å². The highest BCUT2D eigenvalue weighted by atomic mass is 15.0. The Hall–Kier alpha value is -2.02. The maximum atomic E-state index is 8.64. The van der Waals surface area contributed by atoms with Gasteiger partial charge in [-0.15, -0.1) is 0 Å². The molecule has 1 heterocycles. The molecule has 4 heteroatoms. The molecule has 0 aliphatic carbocycles. The van der Waals surface area contributed by atoms with Crippen molar-refractivity contribution in [3.05, 3.63) is 24.5 Å². The van der Waals surface area contributed by atoms with Crippen LogP contribution in [-0.4, -0.2) is 9.55 Å². The van der Waals surface area contributed by atoms with E-state index in [4.69, 9.17) is 11.0 Å². The lowest BCUT2D eigenvalue weighted by molar-refractivity contribution is 1.11. The molecule has 0 spiro atoms. The number of fused-ring (bicyclic) bond motifs is 1. The van der Waals surface area contributed by atoms with Crippen molar-refractivity contribution in [1.82, 2.24) is 9.55 Å². The first-order valence-corrected chi connectivity index (χ1v) is 3.44. The van der Waals surface area contributed by atoms with Crippen LogP contribution in [0.25, 0.3) is 11.0 Å². The molecule has 0 unspecified atom stereocenters. The van der Waals surface area contributed by atoms with Gasteiger partial charge >= 0.3 is 0 Å². The van der Waals surface area contributed by atoms with E-state index in [0.717, 1.165) is 11.0 Å². The molecule has 58 valence electrons. The SMILES string of the molecule is N#Cn1cnc2cc(N)ccc21. The number of hydrogen-bond donors (Lipinski definition) is 1. The molecule has 0 bridgehead atoms. The molecule has 4 nitrogen and oxygen atoms in total. The van der Waals surface area contributed by atoms with E-state index >= 15 is 0 Å². The molecule has 0 amide bonds. The number of anilines is 1. The average molecular weight is 158 g/mol. The van der Waals surface area contributed by atoms with E-state index in [1.54, 1.807) is 18.2 Å². The predicted octanol–water partition coefficient (Wildman–Crippen LogP) is 0.948. The quantitative estimate of drug-likeness (QED) is 0.580. The molecule has 0 saturated heterocycles. The molecule has 0 radical (unpaired) electrons. The van der Waals surface area contributed by atoms with Crippen LogP contribution in [-0.2, 0) is 0 Å². The number of benzene rings is 1. The number of nitrogen functional groups attached to an aromatic ring is 1. The summed E-state index contributed by atoms with van der Waals surface area (Å²) in [5, 5.41) is 8.64. The van der Waals surface area contributed by atoms with Gasteiger partial charge in [-0.2, -0.15) is 5.26 Å². The highest BCUT2D eigenvalue weighted by Gasteiger charge is 2.00. The summed E-state index contributed by atoms with van der Waals surface area (Å²) in [6.07, 6.45) is 3.46. The third-order valence-corrected chi connectivity index (χ3v) is 1.68. The van der Waals surface area contributed by atoms with Crippen molar-refractivity contribution in [1.29, 1.82) is 5.26 Å². The summed E-state index contributed by atoms with van der Waals surface area (Å²) in [6.45, 7) is 0. The molecule has 0 atom stereocenters. The predicted molar refractivity (Wildman–Crippen MR) is 45.2 cm³/mol. The van der Waals surface area contributed by atoms with Crippen molar-refractivity contribution in [3.63, 3.8) is 0 Å². The van der Waals surface area contributed by atoms with Gasteiger partial charge in [-0.05, 0) is 18.2 Å². The van der Waals surface area contributed by atoms with E-state index in [0.29, 0.717) is 5.69 Å². The van der Waals surface area contributed by atoms with Crippen LogP contribution in [0.3, 0.4) is 0 Å². The number of nitriles is 1. The van der Waals surface area contributed by atoms with Gasteiger partial charge in [0.05, 0.1) is 11.0 Å². The second kappa shape index (κ2) is 2.24. The summed E-state index contributed by atoms with van der Waals surface area (Å²) >= 11 is 0. The van der Waals surface area contributed by atoms with Gasteiger partial charge in [0.1, 0.15) is 6.33 Å². The first-order chi connectivity index (χ1) is 5.81. The monoisotopic (exact) mass is 158 g/mol. The number of nitrogens with zero attached hydrogens (tertiary/aromatic N) is 3. The van der Waals surface area contributed by atoms with E-state index in [2.05, 4.69) is 4.98 Å². The van der Waals surface area contributed by atoms with E-state index in [1.165, 1.54) is 10.9 Å². The van der Waals surface area contributed by atoms with Gasteiger partial charge in [0.2, 0.25) is 0 Å². The zero-order chi connectivity index (χ0) is 8.55. The van der Waals surface area contributed by atoms with E-state index in [-0.39, 0.29) is 0 Å². The zero-order valence-corrected chi connectivity index (χ0v) is 6.23. The fourth-order valence-electron chi connectivity index (χ4n) is 1.11. The Kier molecular flexibility index (Phi) is 1.25. The van der Waals surface area contributed by atoms with Gasteiger partial charge in [-0.25, -0.2) is 9.55 Å². The minimum Gasteiger partial charge on any atom is -0.399 e. The maximum Gasteiger partial charge on any atom is 0.190 e. The Morgan fingerprint density at radius 3 is 3.08 bits per heavy atom. The smallest absolute Gasteiger partial charge is 0.190 e. The number of hydrogen-bond acceptors (Lipinski definition) is 3. The average Bonchev–Trinajstić information content (AvgIpc) is 2.46. The van der Waals surface area contributed by atoms with Crippen LogP contribution in [0.1, 0.15) is 0 Å². The van der Waals surface area contributed by atoms with Crippen molar-refractivity contribution in [2.24, 2.45) is 0 Å². The van der Waals surface area contributed by atoms with E-state index < -0.39 is 0 Å². The summed E-state index contributed by atoms with van der Waals surface area (Å²) < 4.78 is 1.40. The van der Waals surface area contributed by atoms with E-state index in [9.17, 15) is 0 Å². The molecule has 1 aromatic heterocycles. The summed E-state index contributed by atoms with van der Waals surface area (Å²) in [5.74, 6) is 0. The topological polar surface area (TPSA) is 67.6 Å². The summed E-state index contributed by atoms with van der Waals surface area (Å²) in [5.41, 5.74) is 7.73. The molecular weight excluding hydrogens is 152 g/mol. The molecule has 12 heavy (non-hydrogen) atoms. The highest BCUT2D eigenvalue weighted by Crippen LogP contribution is 2.14. The Bertz CT molecular complexity index is 463. The first-order valence-electron chi connectivity index (χ1n) is 3.44. The number of aromatic nitrogens is 2. The van der Waals surface area contributed by atoms with Gasteiger partial charge in [-0.3, -0.25) is 0 Å². The van der Waals surface area contributed by atoms with Gasteiger partial charge in [0, 0.05) is 5.69 Å². The van der Waals surface area contributed by atoms with Crippen molar-refractivity contribution in [3.8, 4) is 6.19 Å². The summed E-state index contributed by atoms with van der Waals surface area (Å²) in [6, 6.07) is 5.27. The molecule has 1 aromatic carbocycles. The molecule has 2 N–H and O–H groups in total. The van der Waals surface area contributed by atoms with Crippen LogP contribution in [0, 0.1) is 11.5 Å². The third-order valence-electron chi connectivity index (χ3n) is 1.68. The van der Waals surface area contributed by atoms with Crippen LogP contribution < -0.4 is 5.73 Å². The maximum absolute atomic E-state index is 8.64. The molecule has 2 rings (SSSR count).